The maximum absolute atomic E-state index is 6.46. The van der Waals surface area contributed by atoms with Crippen LogP contribution in [-0.4, -0.2) is 12.0 Å². The van der Waals surface area contributed by atoms with Gasteiger partial charge in [-0.2, -0.15) is 0 Å². The molecule has 0 saturated carbocycles. The largest absolute Gasteiger partial charge is 0.365 e. The van der Waals surface area contributed by atoms with Crippen LogP contribution in [0, 0.1) is 0 Å². The molecule has 0 aromatic heterocycles. The Bertz CT molecular complexity index is 632. The first-order chi connectivity index (χ1) is 11.6. The molecule has 0 fully saturated rings. The van der Waals surface area contributed by atoms with Crippen LogP contribution < -0.4 is 16.4 Å². The van der Waals surface area contributed by atoms with E-state index in [1.165, 1.54) is 36.8 Å². The highest BCUT2D eigenvalue weighted by Crippen LogP contribution is 2.24. The van der Waals surface area contributed by atoms with Gasteiger partial charge in [0.05, 0.1) is 0 Å². The van der Waals surface area contributed by atoms with Crippen molar-refractivity contribution in [3.63, 3.8) is 0 Å². The lowest BCUT2D eigenvalue weighted by Crippen LogP contribution is -2.55. The molecule has 1 aromatic carbocycles. The molecule has 4 N–H and O–H groups in total. The summed E-state index contributed by atoms with van der Waals surface area (Å²) in [7, 11) is 0. The zero-order valence-corrected chi connectivity index (χ0v) is 14.5. The molecule has 1 aliphatic heterocycles. The fourth-order valence-electron chi connectivity index (χ4n) is 3.30. The Hall–Kier alpha value is -2.07. The minimum atomic E-state index is -0.716. The predicted molar refractivity (Wildman–Crippen MR) is 100 cm³/mol. The molecule has 4 nitrogen and oxygen atoms in total. The van der Waals surface area contributed by atoms with Gasteiger partial charge < -0.3 is 10.6 Å². The molecule has 4 heteroatoms. The summed E-state index contributed by atoms with van der Waals surface area (Å²) in [6.45, 7) is 2.15. The number of allylic oxidation sites excluding steroid dienone is 3. The van der Waals surface area contributed by atoms with Gasteiger partial charge in [0.15, 0.2) is 5.79 Å². The molecule has 0 spiro atoms. The quantitative estimate of drug-likeness (QED) is 0.698. The molecule has 1 heterocycles. The van der Waals surface area contributed by atoms with Crippen LogP contribution in [0.25, 0.3) is 0 Å². The lowest BCUT2D eigenvalue weighted by molar-refractivity contribution is 0.336. The maximum atomic E-state index is 6.46. The number of nitrogens with two attached hydrogens (primary N) is 1. The first kappa shape index (κ1) is 16.8. The number of nitrogens with zero attached hydrogens (tertiary/aromatic N) is 1. The molecular formula is C20H28N4. The number of rotatable bonds is 6. The van der Waals surface area contributed by atoms with Crippen LogP contribution in [0.15, 0.2) is 58.9 Å². The molecule has 24 heavy (non-hydrogen) atoms. The van der Waals surface area contributed by atoms with Crippen molar-refractivity contribution in [3.8, 4) is 0 Å². The summed E-state index contributed by atoms with van der Waals surface area (Å²) in [4.78, 5) is 4.47. The second-order valence-corrected chi connectivity index (χ2v) is 6.79. The summed E-state index contributed by atoms with van der Waals surface area (Å²) >= 11 is 0. The standard InChI is InChI=1S/C20H28N4/c1-16(18-10-6-3-7-11-18)23-19-13-15-22-20(21,24-19)14-12-17-8-4-2-5-9-17/h3,6-8,10-11,13,15-16,23-24H,2,4-5,9,12,14,21H2,1H3. The molecule has 128 valence electrons. The van der Waals surface area contributed by atoms with Crippen molar-refractivity contribution in [1.29, 1.82) is 0 Å². The highest BCUT2D eigenvalue weighted by molar-refractivity contribution is 5.73. The van der Waals surface area contributed by atoms with Gasteiger partial charge in [-0.3, -0.25) is 10.7 Å². The van der Waals surface area contributed by atoms with Crippen LogP contribution in [0.4, 0.5) is 0 Å². The van der Waals surface area contributed by atoms with Crippen molar-refractivity contribution in [2.24, 2.45) is 10.7 Å². The molecule has 1 aliphatic carbocycles. The Morgan fingerprint density at radius 1 is 1.29 bits per heavy atom. The van der Waals surface area contributed by atoms with E-state index >= 15 is 0 Å². The van der Waals surface area contributed by atoms with Crippen molar-refractivity contribution < 1.29 is 0 Å². The lowest BCUT2D eigenvalue weighted by atomic mass is 9.94. The molecule has 2 unspecified atom stereocenters. The molecule has 0 saturated heterocycles. The van der Waals surface area contributed by atoms with E-state index in [1.54, 1.807) is 0 Å². The second-order valence-electron chi connectivity index (χ2n) is 6.79. The van der Waals surface area contributed by atoms with E-state index in [0.717, 1.165) is 18.7 Å². The van der Waals surface area contributed by atoms with Gasteiger partial charge in [0.1, 0.15) is 5.82 Å². The van der Waals surface area contributed by atoms with E-state index in [2.05, 4.69) is 52.9 Å². The molecule has 0 amide bonds. The minimum absolute atomic E-state index is 0.210. The Kier molecular flexibility index (Phi) is 5.36. The SMILES string of the molecule is CC(NC1=CC=NC(N)(CCC2=CCCCC2)N1)c1ccccc1. The Morgan fingerprint density at radius 3 is 2.88 bits per heavy atom. The van der Waals surface area contributed by atoms with E-state index in [9.17, 15) is 0 Å². The highest BCUT2D eigenvalue weighted by atomic mass is 15.3. The van der Waals surface area contributed by atoms with Crippen LogP contribution in [0.1, 0.15) is 57.1 Å². The Balaban J connectivity index is 1.56. The van der Waals surface area contributed by atoms with E-state index in [1.807, 2.05) is 18.4 Å². The van der Waals surface area contributed by atoms with Crippen molar-refractivity contribution in [2.75, 3.05) is 0 Å². The number of hydrogen-bond donors (Lipinski definition) is 3. The smallest absolute Gasteiger partial charge is 0.183 e. The molecule has 3 rings (SSSR count). The van der Waals surface area contributed by atoms with Crippen LogP contribution in [0.2, 0.25) is 0 Å². The number of hydrogen-bond acceptors (Lipinski definition) is 4. The van der Waals surface area contributed by atoms with Gasteiger partial charge in [0.2, 0.25) is 0 Å². The van der Waals surface area contributed by atoms with Gasteiger partial charge in [-0.25, -0.2) is 0 Å². The predicted octanol–water partition coefficient (Wildman–Crippen LogP) is 3.75. The van der Waals surface area contributed by atoms with Crippen molar-refractivity contribution in [1.82, 2.24) is 10.6 Å². The van der Waals surface area contributed by atoms with E-state index in [0.29, 0.717) is 0 Å². The number of nitrogens with one attached hydrogen (secondary N) is 2. The van der Waals surface area contributed by atoms with Crippen LogP contribution >= 0.6 is 0 Å². The lowest BCUT2D eigenvalue weighted by Gasteiger charge is -2.33. The first-order valence-corrected chi connectivity index (χ1v) is 8.97. The van der Waals surface area contributed by atoms with E-state index in [4.69, 9.17) is 5.73 Å². The Morgan fingerprint density at radius 2 is 2.12 bits per heavy atom. The molecule has 2 atom stereocenters. The summed E-state index contributed by atoms with van der Waals surface area (Å²) in [6.07, 6.45) is 13.0. The second kappa shape index (κ2) is 7.67. The topological polar surface area (TPSA) is 62.4 Å². The third kappa shape index (κ3) is 4.48. The van der Waals surface area contributed by atoms with Crippen molar-refractivity contribution in [3.05, 3.63) is 59.4 Å². The van der Waals surface area contributed by atoms with Crippen molar-refractivity contribution in [2.45, 2.75) is 57.3 Å². The fourth-order valence-corrected chi connectivity index (χ4v) is 3.30. The van der Waals surface area contributed by atoms with Gasteiger partial charge in [-0.05, 0) is 50.7 Å². The number of benzene rings is 1. The third-order valence-electron chi connectivity index (χ3n) is 4.78. The molecule has 0 radical (unpaired) electrons. The maximum Gasteiger partial charge on any atom is 0.183 e. The summed E-state index contributed by atoms with van der Waals surface area (Å²) in [5, 5.41) is 6.87. The summed E-state index contributed by atoms with van der Waals surface area (Å²) < 4.78 is 0. The normalized spacial score (nSPS) is 24.6. The van der Waals surface area contributed by atoms with Gasteiger partial charge in [-0.15, -0.1) is 0 Å². The summed E-state index contributed by atoms with van der Waals surface area (Å²) in [5.74, 6) is 0.215. The molecule has 2 aliphatic rings. The highest BCUT2D eigenvalue weighted by Gasteiger charge is 2.26. The average molecular weight is 324 g/mol. The van der Waals surface area contributed by atoms with Crippen LogP contribution in [-0.2, 0) is 0 Å². The number of aliphatic imine (C=N–C) groups is 1. The zero-order valence-electron chi connectivity index (χ0n) is 14.5. The van der Waals surface area contributed by atoms with E-state index in [-0.39, 0.29) is 6.04 Å². The fraction of sp³-hybridized carbons (Fsp3) is 0.450. The minimum Gasteiger partial charge on any atom is -0.365 e. The van der Waals surface area contributed by atoms with Crippen LogP contribution in [0.5, 0.6) is 0 Å². The molecule has 0 bridgehead atoms. The average Bonchev–Trinajstić information content (AvgIpc) is 2.62. The van der Waals surface area contributed by atoms with Crippen LogP contribution in [0.3, 0.4) is 0 Å². The van der Waals surface area contributed by atoms with E-state index < -0.39 is 5.79 Å². The summed E-state index contributed by atoms with van der Waals surface area (Å²) in [5.41, 5.74) is 9.24. The Labute approximate surface area is 144 Å². The zero-order chi connectivity index (χ0) is 16.8. The summed E-state index contributed by atoms with van der Waals surface area (Å²) in [6, 6.07) is 10.6. The first-order valence-electron chi connectivity index (χ1n) is 8.97. The third-order valence-corrected chi connectivity index (χ3v) is 4.78. The van der Waals surface area contributed by atoms with Crippen molar-refractivity contribution >= 4 is 6.21 Å². The van der Waals surface area contributed by atoms with Gasteiger partial charge >= 0.3 is 0 Å². The van der Waals surface area contributed by atoms with Gasteiger partial charge in [0.25, 0.3) is 0 Å². The molecular weight excluding hydrogens is 296 g/mol. The monoisotopic (exact) mass is 324 g/mol. The van der Waals surface area contributed by atoms with Gasteiger partial charge in [0, 0.05) is 18.7 Å². The molecule has 1 aromatic rings. The van der Waals surface area contributed by atoms with Gasteiger partial charge in [-0.1, -0.05) is 42.0 Å².